The molecule has 0 atom stereocenters. The second kappa shape index (κ2) is 12.2. The third-order valence-corrected chi connectivity index (χ3v) is 3.68. The van der Waals surface area contributed by atoms with Gasteiger partial charge in [0.05, 0.1) is 20.1 Å². The Morgan fingerprint density at radius 3 is 2.52 bits per heavy atom. The molecule has 0 spiro atoms. The Kier molecular flexibility index (Phi) is 10.1. The summed E-state index contributed by atoms with van der Waals surface area (Å²) in [5.41, 5.74) is 0. The van der Waals surface area contributed by atoms with E-state index in [0.717, 1.165) is 19.3 Å². The molecule has 1 aromatic rings. The first-order valence-corrected chi connectivity index (χ1v) is 8.80. The number of rotatable bonds is 12. The van der Waals surface area contributed by atoms with Gasteiger partial charge in [0.25, 0.3) is 5.91 Å². The SMILES string of the molecule is CCCCCN(CCC(=O)OCC)C(=O)COc1cccc(OC)c1. The number of hydrogen-bond donors (Lipinski definition) is 0. The fraction of sp³-hybridized carbons (Fsp3) is 0.579. The molecule has 0 radical (unpaired) electrons. The second-order valence-corrected chi connectivity index (χ2v) is 5.61. The molecule has 0 N–H and O–H groups in total. The van der Waals surface area contributed by atoms with Crippen molar-refractivity contribution in [1.82, 2.24) is 4.90 Å². The van der Waals surface area contributed by atoms with Crippen LogP contribution in [0.4, 0.5) is 0 Å². The first kappa shape index (κ1) is 20.8. The Balaban J connectivity index is 2.55. The molecule has 25 heavy (non-hydrogen) atoms. The fourth-order valence-corrected chi connectivity index (χ4v) is 2.30. The number of amides is 1. The molecule has 0 fully saturated rings. The normalized spacial score (nSPS) is 10.2. The van der Waals surface area contributed by atoms with E-state index in [4.69, 9.17) is 14.2 Å². The number of carbonyl (C=O) groups excluding carboxylic acids is 2. The molecule has 0 aliphatic rings. The summed E-state index contributed by atoms with van der Waals surface area (Å²) in [6.45, 7) is 5.13. The van der Waals surface area contributed by atoms with Gasteiger partial charge in [-0.3, -0.25) is 9.59 Å². The van der Waals surface area contributed by atoms with E-state index in [1.165, 1.54) is 0 Å². The van der Waals surface area contributed by atoms with Crippen molar-refractivity contribution >= 4 is 11.9 Å². The standard InChI is InChI=1S/C19H29NO5/c1-4-6-7-12-20(13-11-19(22)24-5-2)18(21)15-25-17-10-8-9-16(14-17)23-3/h8-10,14H,4-7,11-13,15H2,1-3H3. The van der Waals surface area contributed by atoms with Gasteiger partial charge in [0, 0.05) is 19.2 Å². The molecule has 0 aliphatic carbocycles. The molecule has 6 heteroatoms. The van der Waals surface area contributed by atoms with Crippen molar-refractivity contribution in [3.05, 3.63) is 24.3 Å². The maximum Gasteiger partial charge on any atom is 0.307 e. The van der Waals surface area contributed by atoms with Gasteiger partial charge in [-0.25, -0.2) is 0 Å². The lowest BCUT2D eigenvalue weighted by atomic mass is 10.2. The number of hydrogen-bond acceptors (Lipinski definition) is 5. The topological polar surface area (TPSA) is 65.1 Å². The minimum Gasteiger partial charge on any atom is -0.497 e. The number of nitrogens with zero attached hydrogens (tertiary/aromatic N) is 1. The first-order valence-electron chi connectivity index (χ1n) is 8.80. The molecular formula is C19H29NO5. The highest BCUT2D eigenvalue weighted by Gasteiger charge is 2.16. The average molecular weight is 351 g/mol. The summed E-state index contributed by atoms with van der Waals surface area (Å²) >= 11 is 0. The number of carbonyl (C=O) groups is 2. The van der Waals surface area contributed by atoms with Crippen molar-refractivity contribution in [3.63, 3.8) is 0 Å². The minimum absolute atomic E-state index is 0.0673. The van der Waals surface area contributed by atoms with Crippen molar-refractivity contribution in [2.24, 2.45) is 0 Å². The Morgan fingerprint density at radius 1 is 1.08 bits per heavy atom. The summed E-state index contributed by atoms with van der Waals surface area (Å²) in [5.74, 6) is 0.825. The van der Waals surface area contributed by atoms with Crippen molar-refractivity contribution < 1.29 is 23.8 Å². The predicted molar refractivity (Wildman–Crippen MR) is 95.8 cm³/mol. The van der Waals surface area contributed by atoms with Gasteiger partial charge in [0.15, 0.2) is 6.61 Å². The van der Waals surface area contributed by atoms with Crippen molar-refractivity contribution in [1.29, 1.82) is 0 Å². The summed E-state index contributed by atoms with van der Waals surface area (Å²) in [6.07, 6.45) is 3.22. The average Bonchev–Trinajstić information content (AvgIpc) is 2.63. The highest BCUT2D eigenvalue weighted by molar-refractivity contribution is 5.78. The van der Waals surface area contributed by atoms with Crippen LogP contribution < -0.4 is 9.47 Å². The third kappa shape index (κ3) is 8.42. The Bertz CT molecular complexity index is 532. The molecule has 0 bridgehead atoms. The summed E-state index contributed by atoms with van der Waals surface area (Å²) in [4.78, 5) is 25.7. The number of ether oxygens (including phenoxy) is 3. The van der Waals surface area contributed by atoms with Crippen LogP contribution in [0.3, 0.4) is 0 Å². The number of esters is 1. The molecular weight excluding hydrogens is 322 g/mol. The highest BCUT2D eigenvalue weighted by atomic mass is 16.5. The van der Waals surface area contributed by atoms with Gasteiger partial charge < -0.3 is 19.1 Å². The molecule has 0 aromatic heterocycles. The Morgan fingerprint density at radius 2 is 1.84 bits per heavy atom. The van der Waals surface area contributed by atoms with E-state index in [0.29, 0.717) is 31.2 Å². The van der Waals surface area contributed by atoms with Crippen LogP contribution in [0.25, 0.3) is 0 Å². The Labute approximate surface area is 150 Å². The fourth-order valence-electron chi connectivity index (χ4n) is 2.30. The van der Waals surface area contributed by atoms with E-state index in [-0.39, 0.29) is 24.9 Å². The Hall–Kier alpha value is -2.24. The summed E-state index contributed by atoms with van der Waals surface area (Å²) in [7, 11) is 1.58. The number of unbranched alkanes of at least 4 members (excludes halogenated alkanes) is 2. The van der Waals surface area contributed by atoms with Gasteiger partial charge in [0.2, 0.25) is 0 Å². The van der Waals surface area contributed by atoms with Crippen LogP contribution in [0.15, 0.2) is 24.3 Å². The van der Waals surface area contributed by atoms with E-state index in [1.54, 1.807) is 37.1 Å². The van der Waals surface area contributed by atoms with Crippen LogP contribution >= 0.6 is 0 Å². The first-order chi connectivity index (χ1) is 12.1. The summed E-state index contributed by atoms with van der Waals surface area (Å²) in [6, 6.07) is 7.12. The quantitative estimate of drug-likeness (QED) is 0.428. The minimum atomic E-state index is -0.287. The number of methoxy groups -OCH3 is 1. The zero-order valence-electron chi connectivity index (χ0n) is 15.5. The van der Waals surface area contributed by atoms with Crippen LogP contribution in [0.5, 0.6) is 11.5 Å². The van der Waals surface area contributed by atoms with Gasteiger partial charge in [-0.05, 0) is 25.5 Å². The van der Waals surface area contributed by atoms with E-state index in [1.807, 2.05) is 6.07 Å². The van der Waals surface area contributed by atoms with E-state index >= 15 is 0 Å². The van der Waals surface area contributed by atoms with Crippen molar-refractivity contribution in [2.45, 2.75) is 39.5 Å². The van der Waals surface area contributed by atoms with Gasteiger partial charge >= 0.3 is 5.97 Å². The van der Waals surface area contributed by atoms with Gasteiger partial charge in [-0.2, -0.15) is 0 Å². The molecule has 140 valence electrons. The van der Waals surface area contributed by atoms with Crippen LogP contribution in [-0.4, -0.2) is 50.2 Å². The molecule has 6 nitrogen and oxygen atoms in total. The molecule has 1 rings (SSSR count). The predicted octanol–water partition coefficient (Wildman–Crippen LogP) is 3.05. The smallest absolute Gasteiger partial charge is 0.307 e. The highest BCUT2D eigenvalue weighted by Crippen LogP contribution is 2.18. The monoisotopic (exact) mass is 351 g/mol. The van der Waals surface area contributed by atoms with Crippen LogP contribution in [0, 0.1) is 0 Å². The second-order valence-electron chi connectivity index (χ2n) is 5.61. The van der Waals surface area contributed by atoms with Crippen molar-refractivity contribution in [2.75, 3.05) is 33.4 Å². The van der Waals surface area contributed by atoms with Gasteiger partial charge in [-0.15, -0.1) is 0 Å². The van der Waals surface area contributed by atoms with Gasteiger partial charge in [-0.1, -0.05) is 25.8 Å². The third-order valence-electron chi connectivity index (χ3n) is 3.68. The van der Waals surface area contributed by atoms with E-state index in [2.05, 4.69) is 6.92 Å². The molecule has 0 unspecified atom stereocenters. The lowest BCUT2D eigenvalue weighted by Gasteiger charge is -2.22. The number of benzene rings is 1. The zero-order valence-corrected chi connectivity index (χ0v) is 15.5. The van der Waals surface area contributed by atoms with E-state index < -0.39 is 0 Å². The molecule has 1 aromatic carbocycles. The molecule has 0 saturated carbocycles. The summed E-state index contributed by atoms with van der Waals surface area (Å²) < 4.78 is 15.6. The molecule has 0 heterocycles. The summed E-state index contributed by atoms with van der Waals surface area (Å²) in [5, 5.41) is 0. The maximum absolute atomic E-state index is 12.5. The lowest BCUT2D eigenvalue weighted by Crippen LogP contribution is -2.37. The zero-order chi connectivity index (χ0) is 18.5. The molecule has 0 aliphatic heterocycles. The lowest BCUT2D eigenvalue weighted by molar-refractivity contribution is -0.144. The largest absolute Gasteiger partial charge is 0.497 e. The van der Waals surface area contributed by atoms with Crippen molar-refractivity contribution in [3.8, 4) is 11.5 Å². The molecule has 0 saturated heterocycles. The van der Waals surface area contributed by atoms with Crippen LogP contribution in [-0.2, 0) is 14.3 Å². The van der Waals surface area contributed by atoms with E-state index in [9.17, 15) is 9.59 Å². The van der Waals surface area contributed by atoms with Gasteiger partial charge in [0.1, 0.15) is 11.5 Å². The van der Waals surface area contributed by atoms with Crippen LogP contribution in [0.1, 0.15) is 39.5 Å². The molecule has 1 amide bonds. The van der Waals surface area contributed by atoms with Crippen LogP contribution in [0.2, 0.25) is 0 Å². The maximum atomic E-state index is 12.5.